The van der Waals surface area contributed by atoms with E-state index >= 15 is 0 Å². The molecule has 0 amide bonds. The van der Waals surface area contributed by atoms with Crippen LogP contribution >= 0.6 is 0 Å². The molecule has 2 aromatic carbocycles. The Morgan fingerprint density at radius 1 is 1.00 bits per heavy atom. The van der Waals surface area contributed by atoms with E-state index in [1.807, 2.05) is 0 Å². The highest BCUT2D eigenvalue weighted by Gasteiger charge is 2.15. The van der Waals surface area contributed by atoms with Gasteiger partial charge in [-0.05, 0) is 30.3 Å². The molecule has 0 saturated carbocycles. The van der Waals surface area contributed by atoms with Crippen molar-refractivity contribution in [1.29, 1.82) is 0 Å². The van der Waals surface area contributed by atoms with Gasteiger partial charge in [0.2, 0.25) is 10.0 Å². The van der Waals surface area contributed by atoms with Crippen LogP contribution in [0.25, 0.3) is 0 Å². The van der Waals surface area contributed by atoms with Gasteiger partial charge in [-0.25, -0.2) is 21.6 Å². The lowest BCUT2D eigenvalue weighted by Crippen LogP contribution is -2.24. The Labute approximate surface area is 148 Å². The van der Waals surface area contributed by atoms with E-state index in [-0.39, 0.29) is 29.5 Å². The van der Waals surface area contributed by atoms with Crippen molar-refractivity contribution in [3.8, 4) is 23.3 Å². The summed E-state index contributed by atoms with van der Waals surface area (Å²) in [5, 5.41) is 0. The number of sulfonamides is 1. The molecule has 0 saturated heterocycles. The summed E-state index contributed by atoms with van der Waals surface area (Å²) >= 11 is 0. The van der Waals surface area contributed by atoms with E-state index in [9.17, 15) is 21.6 Å². The minimum atomic E-state index is -3.95. The Kier molecular flexibility index (Phi) is 6.49. The summed E-state index contributed by atoms with van der Waals surface area (Å²) in [6.07, 6.45) is 0. The second kappa shape index (κ2) is 8.60. The van der Waals surface area contributed by atoms with Crippen LogP contribution in [0.4, 0.5) is 13.2 Å². The zero-order valence-corrected chi connectivity index (χ0v) is 14.4. The van der Waals surface area contributed by atoms with Crippen LogP contribution in [-0.4, -0.2) is 28.7 Å². The van der Waals surface area contributed by atoms with Crippen molar-refractivity contribution in [1.82, 2.24) is 4.72 Å². The molecule has 0 bridgehead atoms. The number of methoxy groups -OCH3 is 1. The van der Waals surface area contributed by atoms with Gasteiger partial charge in [0.25, 0.3) is 0 Å². The van der Waals surface area contributed by atoms with Gasteiger partial charge in [0.1, 0.15) is 12.4 Å². The fourth-order valence-corrected chi connectivity index (χ4v) is 2.78. The molecule has 0 atom stereocenters. The molecule has 0 fully saturated rings. The molecule has 0 aliphatic rings. The smallest absolute Gasteiger partial charge is 0.241 e. The van der Waals surface area contributed by atoms with E-state index in [2.05, 4.69) is 16.6 Å². The Morgan fingerprint density at radius 3 is 2.35 bits per heavy atom. The first-order valence-corrected chi connectivity index (χ1v) is 8.68. The van der Waals surface area contributed by atoms with Crippen LogP contribution in [0.2, 0.25) is 0 Å². The van der Waals surface area contributed by atoms with Gasteiger partial charge in [0.05, 0.1) is 18.6 Å². The minimum Gasteiger partial charge on any atom is -0.494 e. The largest absolute Gasteiger partial charge is 0.494 e. The third-order valence-corrected chi connectivity index (χ3v) is 4.50. The molecule has 0 radical (unpaired) electrons. The molecular formula is C17H14F3NO4S. The predicted molar refractivity (Wildman–Crippen MR) is 87.8 cm³/mol. The van der Waals surface area contributed by atoms with Gasteiger partial charge < -0.3 is 9.47 Å². The van der Waals surface area contributed by atoms with Crippen LogP contribution in [0, 0.1) is 29.3 Å². The molecule has 0 aliphatic carbocycles. The first-order chi connectivity index (χ1) is 12.3. The Balaban J connectivity index is 1.89. The zero-order valence-electron chi connectivity index (χ0n) is 13.6. The minimum absolute atomic E-state index is 0.0751. The van der Waals surface area contributed by atoms with Crippen molar-refractivity contribution in [3.63, 3.8) is 0 Å². The highest BCUT2D eigenvalue weighted by atomic mass is 32.2. The van der Waals surface area contributed by atoms with Crippen LogP contribution in [0.3, 0.4) is 0 Å². The molecule has 26 heavy (non-hydrogen) atoms. The van der Waals surface area contributed by atoms with E-state index in [1.165, 1.54) is 19.2 Å². The molecule has 9 heteroatoms. The number of benzene rings is 2. The van der Waals surface area contributed by atoms with Crippen LogP contribution in [-0.2, 0) is 10.0 Å². The Hall–Kier alpha value is -2.70. The first kappa shape index (κ1) is 19.6. The second-order valence-corrected chi connectivity index (χ2v) is 6.60. The summed E-state index contributed by atoms with van der Waals surface area (Å²) < 4.78 is 75.5. The summed E-state index contributed by atoms with van der Waals surface area (Å²) in [5.74, 6) is 2.29. The molecule has 0 unspecified atom stereocenters. The highest BCUT2D eigenvalue weighted by Crippen LogP contribution is 2.20. The topological polar surface area (TPSA) is 64.6 Å². The average molecular weight is 385 g/mol. The number of hydrogen-bond acceptors (Lipinski definition) is 4. The van der Waals surface area contributed by atoms with Gasteiger partial charge in [-0.1, -0.05) is 11.8 Å². The van der Waals surface area contributed by atoms with Crippen molar-refractivity contribution in [2.24, 2.45) is 0 Å². The lowest BCUT2D eigenvalue weighted by Gasteiger charge is -2.06. The molecule has 0 spiro atoms. The van der Waals surface area contributed by atoms with Crippen molar-refractivity contribution in [3.05, 3.63) is 53.8 Å². The number of rotatable bonds is 6. The maximum Gasteiger partial charge on any atom is 0.241 e. The maximum atomic E-state index is 13.6. The van der Waals surface area contributed by atoms with Crippen molar-refractivity contribution < 1.29 is 31.1 Å². The Morgan fingerprint density at radius 2 is 1.69 bits per heavy atom. The van der Waals surface area contributed by atoms with Gasteiger partial charge in [-0.2, -0.15) is 4.72 Å². The van der Waals surface area contributed by atoms with Crippen molar-refractivity contribution in [2.75, 3.05) is 20.3 Å². The normalized spacial score (nSPS) is 10.8. The monoisotopic (exact) mass is 385 g/mol. The fraction of sp³-hybridized carbons (Fsp3) is 0.176. The summed E-state index contributed by atoms with van der Waals surface area (Å²) in [7, 11) is -2.68. The van der Waals surface area contributed by atoms with Crippen LogP contribution in [0.5, 0.6) is 11.5 Å². The SMILES string of the molecule is COc1ccc(S(=O)(=O)NCC#CCOc2ccc(F)cc2F)cc1F. The molecule has 0 aliphatic heterocycles. The van der Waals surface area contributed by atoms with Crippen molar-refractivity contribution >= 4 is 10.0 Å². The molecule has 2 rings (SSSR count). The van der Waals surface area contributed by atoms with Gasteiger partial charge in [0, 0.05) is 6.07 Å². The second-order valence-electron chi connectivity index (χ2n) is 4.84. The molecule has 1 N–H and O–H groups in total. The quantitative estimate of drug-likeness (QED) is 0.776. The standard InChI is InChI=1S/C17H14F3NO4S/c1-24-16-7-5-13(11-15(16)20)26(22,23)21-8-2-3-9-25-17-6-4-12(18)10-14(17)19/h4-7,10-11,21H,8-9H2,1H3. The summed E-state index contributed by atoms with van der Waals surface area (Å²) in [5.41, 5.74) is 0. The highest BCUT2D eigenvalue weighted by molar-refractivity contribution is 7.89. The van der Waals surface area contributed by atoms with E-state index in [4.69, 9.17) is 9.47 Å². The molecule has 0 aromatic heterocycles. The molecule has 5 nitrogen and oxygen atoms in total. The van der Waals surface area contributed by atoms with Gasteiger partial charge in [0.15, 0.2) is 23.1 Å². The van der Waals surface area contributed by atoms with Crippen LogP contribution in [0.15, 0.2) is 41.3 Å². The van der Waals surface area contributed by atoms with E-state index in [0.29, 0.717) is 6.07 Å². The number of ether oxygens (including phenoxy) is 2. The van der Waals surface area contributed by atoms with Gasteiger partial charge >= 0.3 is 0 Å². The van der Waals surface area contributed by atoms with E-state index < -0.39 is 27.5 Å². The van der Waals surface area contributed by atoms with Gasteiger partial charge in [-0.3, -0.25) is 0 Å². The van der Waals surface area contributed by atoms with E-state index in [0.717, 1.165) is 18.2 Å². The predicted octanol–water partition coefficient (Wildman–Crippen LogP) is 2.47. The molecule has 0 heterocycles. The molecular weight excluding hydrogens is 371 g/mol. The first-order valence-electron chi connectivity index (χ1n) is 7.20. The Bertz CT molecular complexity index is 952. The number of hydrogen-bond donors (Lipinski definition) is 1. The zero-order chi connectivity index (χ0) is 19.2. The van der Waals surface area contributed by atoms with E-state index in [1.54, 1.807) is 0 Å². The number of halogens is 3. The van der Waals surface area contributed by atoms with Crippen LogP contribution < -0.4 is 14.2 Å². The third kappa shape index (κ3) is 5.15. The van der Waals surface area contributed by atoms with Gasteiger partial charge in [-0.15, -0.1) is 0 Å². The lowest BCUT2D eigenvalue weighted by atomic mass is 10.3. The number of nitrogens with one attached hydrogen (secondary N) is 1. The average Bonchev–Trinajstić information content (AvgIpc) is 2.59. The molecule has 138 valence electrons. The summed E-state index contributed by atoms with van der Waals surface area (Å²) in [4.78, 5) is -0.276. The van der Waals surface area contributed by atoms with Crippen molar-refractivity contribution in [2.45, 2.75) is 4.90 Å². The third-order valence-electron chi connectivity index (χ3n) is 3.10. The summed E-state index contributed by atoms with van der Waals surface area (Å²) in [6, 6.07) is 6.04. The summed E-state index contributed by atoms with van der Waals surface area (Å²) in [6.45, 7) is -0.479. The fourth-order valence-electron chi connectivity index (χ4n) is 1.85. The lowest BCUT2D eigenvalue weighted by molar-refractivity contribution is 0.346. The maximum absolute atomic E-state index is 13.6. The molecule has 2 aromatic rings. The van der Waals surface area contributed by atoms with Crippen LogP contribution in [0.1, 0.15) is 0 Å².